The largest absolute Gasteiger partial charge is 0.147 e. The van der Waals surface area contributed by atoms with Gasteiger partial charge in [0.05, 0.1) is 0 Å². The molecule has 40 heavy (non-hydrogen) atoms. The first-order valence-corrected chi connectivity index (χ1v) is 16.7. The van der Waals surface area contributed by atoms with Crippen molar-refractivity contribution in [1.82, 2.24) is 0 Å². The van der Waals surface area contributed by atoms with Crippen LogP contribution >= 0.6 is 37.2 Å². The second kappa shape index (κ2) is 14.9. The fourth-order valence-corrected chi connectivity index (χ4v) is 12.6. The fraction of sp³-hybridized carbons (Fsp3) is 0.371. The smallest absolute Gasteiger partial charge is 0.147 e. The third kappa shape index (κ3) is 6.61. The van der Waals surface area contributed by atoms with Crippen molar-refractivity contribution in [3.05, 3.63) is 110 Å². The molecule has 3 aromatic carbocycles. The van der Waals surface area contributed by atoms with Gasteiger partial charge in [-0.1, -0.05) is 0 Å². The van der Waals surface area contributed by atoms with Crippen molar-refractivity contribution >= 4 is 60.9 Å². The molecule has 0 saturated carbocycles. The summed E-state index contributed by atoms with van der Waals surface area (Å²) in [5.74, 6) is 1.91. The molecule has 1 unspecified atom stereocenters. The average molecular weight is 649 g/mol. The normalized spacial score (nSPS) is 15.3. The molecule has 0 fully saturated rings. The van der Waals surface area contributed by atoms with Gasteiger partial charge in [-0.15, -0.1) is 37.2 Å². The number of benzene rings is 3. The molecule has 0 spiro atoms. The predicted octanol–water partition coefficient (Wildman–Crippen LogP) is 9.12. The van der Waals surface area contributed by atoms with Crippen LogP contribution in [0.2, 0.25) is 0 Å². The van der Waals surface area contributed by atoms with E-state index in [4.69, 9.17) is 0 Å². The van der Waals surface area contributed by atoms with Crippen molar-refractivity contribution < 1.29 is 20.4 Å². The van der Waals surface area contributed by atoms with E-state index >= 15 is 0 Å². The van der Waals surface area contributed by atoms with Crippen molar-refractivity contribution in [3.63, 3.8) is 0 Å². The van der Waals surface area contributed by atoms with E-state index in [0.29, 0.717) is 23.7 Å². The van der Waals surface area contributed by atoms with E-state index in [1.165, 1.54) is 47.3 Å². The summed E-state index contributed by atoms with van der Waals surface area (Å²) in [7, 11) is -2.59. The van der Waals surface area contributed by atoms with Crippen LogP contribution < -0.4 is 15.6 Å². The van der Waals surface area contributed by atoms with E-state index in [0.717, 1.165) is 0 Å². The summed E-state index contributed by atoms with van der Waals surface area (Å²) in [5, 5.41) is 6.22. The van der Waals surface area contributed by atoms with Gasteiger partial charge >= 0.3 is 240 Å². The molecule has 1 atom stereocenters. The van der Waals surface area contributed by atoms with Crippen LogP contribution in [0.5, 0.6) is 0 Å². The van der Waals surface area contributed by atoms with Gasteiger partial charge < -0.3 is 0 Å². The summed E-state index contributed by atoms with van der Waals surface area (Å²) < 4.78 is 1.53. The molecular formula is C35H46Cl3SiTi. The number of hydrogen-bond donors (Lipinski definition) is 0. The van der Waals surface area contributed by atoms with Gasteiger partial charge in [0.25, 0.3) is 0 Å². The monoisotopic (exact) mass is 647 g/mol. The Labute approximate surface area is 275 Å². The molecular weight excluding hydrogens is 603 g/mol. The Morgan fingerprint density at radius 1 is 0.575 bits per heavy atom. The molecule has 5 heteroatoms. The van der Waals surface area contributed by atoms with Crippen molar-refractivity contribution in [2.45, 2.75) is 80.1 Å². The van der Waals surface area contributed by atoms with Gasteiger partial charge in [0, 0.05) is 0 Å². The Balaban J connectivity index is 0.00000267. The Morgan fingerprint density at radius 2 is 0.900 bits per heavy atom. The van der Waals surface area contributed by atoms with Gasteiger partial charge in [0.15, 0.2) is 0 Å². The third-order valence-corrected chi connectivity index (χ3v) is 15.0. The predicted molar refractivity (Wildman–Crippen MR) is 183 cm³/mol. The van der Waals surface area contributed by atoms with Crippen LogP contribution in [0.15, 0.2) is 93.0 Å². The van der Waals surface area contributed by atoms with Gasteiger partial charge in [0.1, 0.15) is 0 Å². The summed E-state index contributed by atoms with van der Waals surface area (Å²) in [6.45, 7) is 21.1. The zero-order valence-electron chi connectivity index (χ0n) is 25.5. The molecule has 0 nitrogen and oxygen atoms in total. The molecule has 0 heterocycles. The molecule has 0 N–H and O–H groups in total. The minimum absolute atomic E-state index is 0. The molecule has 0 aromatic heterocycles. The van der Waals surface area contributed by atoms with E-state index in [2.05, 4.69) is 156 Å². The molecule has 0 saturated heterocycles. The summed E-state index contributed by atoms with van der Waals surface area (Å²) in [5.41, 5.74) is 7.29. The van der Waals surface area contributed by atoms with Crippen LogP contribution in [0.4, 0.5) is 0 Å². The SMILES string of the molecule is CC1=[C]([Ti])C(C)C([Si](c2cccc(C(C)C)c2)(c2cccc(C(C)C)c2)c2cccc(C(C)C)c2)=C1C.Cl.Cl.Cl. The summed E-state index contributed by atoms with van der Waals surface area (Å²) >= 11 is 2.36. The van der Waals surface area contributed by atoms with Gasteiger partial charge in [0.2, 0.25) is 0 Å². The van der Waals surface area contributed by atoms with Crippen LogP contribution in [-0.4, -0.2) is 8.07 Å². The first kappa shape index (κ1) is 37.0. The molecule has 0 radical (unpaired) electrons. The Morgan fingerprint density at radius 3 is 1.15 bits per heavy atom. The van der Waals surface area contributed by atoms with Crippen LogP contribution in [0.3, 0.4) is 0 Å². The Hall–Kier alpha value is -1.06. The van der Waals surface area contributed by atoms with Crippen molar-refractivity contribution in [3.8, 4) is 0 Å². The number of allylic oxidation sites excluding steroid dienone is 4. The molecule has 0 aliphatic heterocycles. The summed E-state index contributed by atoms with van der Waals surface area (Å²) in [6.07, 6.45) is 0. The van der Waals surface area contributed by atoms with E-state index in [9.17, 15) is 0 Å². The summed E-state index contributed by atoms with van der Waals surface area (Å²) in [4.78, 5) is 0. The van der Waals surface area contributed by atoms with Gasteiger partial charge in [-0.05, 0) is 0 Å². The minimum atomic E-state index is -2.59. The van der Waals surface area contributed by atoms with Gasteiger partial charge in [-0.25, -0.2) is 0 Å². The minimum Gasteiger partial charge on any atom is -0.147 e. The number of hydrogen-bond acceptors (Lipinski definition) is 0. The molecule has 0 amide bonds. The molecule has 215 valence electrons. The van der Waals surface area contributed by atoms with E-state index in [-0.39, 0.29) is 37.2 Å². The maximum atomic E-state index is 2.55. The first-order chi connectivity index (χ1) is 17.5. The van der Waals surface area contributed by atoms with E-state index in [1.807, 2.05) is 0 Å². The topological polar surface area (TPSA) is 0 Å². The van der Waals surface area contributed by atoms with Crippen LogP contribution in [-0.2, 0) is 20.4 Å². The standard InChI is InChI=1S/C35H43Si.3ClH.Ti/c1-23(2)29-13-10-16-32(20-29)36(35-27(8)19-26(7)28(35)9,33-17-11-14-30(21-33)24(3)4)34-18-12-15-31(22-34)25(5)6;;;;/h10-18,20-25,27H,1-9H3;3*1H;. The Bertz CT molecular complexity index is 1250. The molecule has 3 aromatic rings. The van der Waals surface area contributed by atoms with Crippen molar-refractivity contribution in [2.24, 2.45) is 5.92 Å². The third-order valence-electron chi connectivity index (χ3n) is 8.60. The van der Waals surface area contributed by atoms with Crippen molar-refractivity contribution in [1.29, 1.82) is 0 Å². The first-order valence-electron chi connectivity index (χ1n) is 13.9. The van der Waals surface area contributed by atoms with Crippen molar-refractivity contribution in [2.75, 3.05) is 0 Å². The maximum absolute atomic E-state index is 2.59. The molecule has 1 aliphatic rings. The fourth-order valence-electron chi connectivity index (χ4n) is 6.16. The summed E-state index contributed by atoms with van der Waals surface area (Å²) in [6, 6.07) is 28.9. The van der Waals surface area contributed by atoms with Crippen LogP contribution in [0, 0.1) is 5.92 Å². The van der Waals surface area contributed by atoms with Crippen LogP contribution in [0.1, 0.15) is 96.8 Å². The molecule has 0 bridgehead atoms. The second-order valence-electron chi connectivity index (χ2n) is 11.9. The molecule has 4 rings (SSSR count). The van der Waals surface area contributed by atoms with E-state index in [1.54, 1.807) is 5.20 Å². The van der Waals surface area contributed by atoms with Gasteiger partial charge in [-0.2, -0.15) is 0 Å². The van der Waals surface area contributed by atoms with Gasteiger partial charge in [-0.3, -0.25) is 0 Å². The molecule has 1 aliphatic carbocycles. The second-order valence-corrected chi connectivity index (χ2v) is 16.5. The average Bonchev–Trinajstić information content (AvgIpc) is 3.08. The number of halogens is 3. The quantitative estimate of drug-likeness (QED) is 0.177. The number of rotatable bonds is 7. The zero-order chi connectivity index (χ0) is 27.1. The Kier molecular flexibility index (Phi) is 13.8. The zero-order valence-corrected chi connectivity index (χ0v) is 30.5. The maximum Gasteiger partial charge on any atom is -0.147 e. The van der Waals surface area contributed by atoms with Crippen LogP contribution in [0.25, 0.3) is 0 Å². The van der Waals surface area contributed by atoms with E-state index < -0.39 is 8.07 Å².